The molecule has 142 valence electrons. The number of benzene rings is 2. The van der Waals surface area contributed by atoms with Crippen molar-refractivity contribution in [3.05, 3.63) is 71.4 Å². The fourth-order valence-electron chi connectivity index (χ4n) is 3.59. The number of imidazole rings is 1. The Balaban J connectivity index is 1.43. The van der Waals surface area contributed by atoms with Crippen molar-refractivity contribution in [3.63, 3.8) is 0 Å². The van der Waals surface area contributed by atoms with E-state index in [4.69, 9.17) is 16.1 Å². The van der Waals surface area contributed by atoms with Crippen LogP contribution in [0.25, 0.3) is 17.1 Å². The van der Waals surface area contributed by atoms with E-state index in [0.29, 0.717) is 16.8 Å². The first-order valence-corrected chi connectivity index (χ1v) is 9.12. The van der Waals surface area contributed by atoms with Crippen LogP contribution >= 0.6 is 11.6 Å². The number of aromatic nitrogens is 4. The third kappa shape index (κ3) is 2.31. The molecule has 0 spiro atoms. The molecule has 0 amide bonds. The maximum absolute atomic E-state index is 13.2. The van der Waals surface area contributed by atoms with Crippen molar-refractivity contribution in [2.75, 3.05) is 10.0 Å². The zero-order valence-corrected chi connectivity index (χ0v) is 15.4. The maximum Gasteiger partial charge on any atom is 0.291 e. The molecule has 0 saturated carbocycles. The molecular formula is C19H11ClFN7O. The van der Waals surface area contributed by atoms with Gasteiger partial charge in [0.2, 0.25) is 5.28 Å². The van der Waals surface area contributed by atoms with Crippen molar-refractivity contribution in [2.45, 2.75) is 6.17 Å². The first-order valence-electron chi connectivity index (χ1n) is 8.74. The van der Waals surface area contributed by atoms with Crippen LogP contribution in [0.5, 0.6) is 0 Å². The zero-order valence-electron chi connectivity index (χ0n) is 14.6. The van der Waals surface area contributed by atoms with Crippen LogP contribution in [0.2, 0.25) is 5.28 Å². The van der Waals surface area contributed by atoms with Gasteiger partial charge in [-0.3, -0.25) is 4.57 Å². The third-order valence-corrected chi connectivity index (χ3v) is 5.15. The number of aliphatic imine (C=N–C) groups is 1. The van der Waals surface area contributed by atoms with Crippen LogP contribution in [-0.2, 0) is 0 Å². The highest BCUT2D eigenvalue weighted by molar-refractivity contribution is 6.29. The number of hydrogen-bond acceptors (Lipinski definition) is 7. The molecule has 8 nitrogen and oxygen atoms in total. The number of para-hydroxylation sites is 1. The van der Waals surface area contributed by atoms with Gasteiger partial charge < -0.3 is 4.52 Å². The fraction of sp³-hybridized carbons (Fsp3) is 0.0526. The number of fused-ring (bicyclic) bond motifs is 6. The second kappa shape index (κ2) is 5.89. The van der Waals surface area contributed by atoms with Crippen molar-refractivity contribution in [3.8, 4) is 17.1 Å². The molecule has 0 saturated heterocycles. The summed E-state index contributed by atoms with van der Waals surface area (Å²) in [4.78, 5) is 13.3. The van der Waals surface area contributed by atoms with Gasteiger partial charge in [0.05, 0.1) is 11.9 Å². The predicted molar refractivity (Wildman–Crippen MR) is 104 cm³/mol. The van der Waals surface area contributed by atoms with Crippen LogP contribution in [0.15, 0.2) is 64.2 Å². The van der Waals surface area contributed by atoms with Crippen molar-refractivity contribution in [1.29, 1.82) is 0 Å². The SMILES string of the molecule is Fc1ccc(-c2nc(N3C=NC4c5ccccc5-n5c(cnc5Cl)N43)no2)cc1. The van der Waals surface area contributed by atoms with Gasteiger partial charge in [0.25, 0.3) is 11.8 Å². The van der Waals surface area contributed by atoms with Gasteiger partial charge in [-0.2, -0.15) is 4.98 Å². The molecule has 1 unspecified atom stereocenters. The lowest BCUT2D eigenvalue weighted by Crippen LogP contribution is -2.43. The van der Waals surface area contributed by atoms with Crippen LogP contribution in [0.4, 0.5) is 16.2 Å². The second-order valence-corrected chi connectivity index (χ2v) is 6.85. The van der Waals surface area contributed by atoms with E-state index >= 15 is 0 Å². The molecule has 4 aromatic rings. The molecule has 0 aliphatic carbocycles. The molecule has 2 aromatic heterocycles. The van der Waals surface area contributed by atoms with E-state index in [1.165, 1.54) is 12.1 Å². The topological polar surface area (TPSA) is 75.6 Å². The lowest BCUT2D eigenvalue weighted by atomic mass is 10.1. The minimum absolute atomic E-state index is 0.279. The molecule has 10 heteroatoms. The van der Waals surface area contributed by atoms with E-state index in [9.17, 15) is 4.39 Å². The van der Waals surface area contributed by atoms with Crippen molar-refractivity contribution >= 4 is 29.7 Å². The van der Waals surface area contributed by atoms with Crippen LogP contribution in [-0.4, -0.2) is 26.0 Å². The Morgan fingerprint density at radius 3 is 2.76 bits per heavy atom. The molecule has 2 aliphatic heterocycles. The standard InChI is InChI=1S/C19H11ClFN7O/c20-18-22-9-15-27(18)14-4-2-1-3-13(14)16-23-10-26(28(15)16)19-24-17(29-25-19)11-5-7-12(21)8-6-11/h1-10,16H. The summed E-state index contributed by atoms with van der Waals surface area (Å²) in [7, 11) is 0. The molecule has 0 fully saturated rings. The van der Waals surface area contributed by atoms with Gasteiger partial charge in [-0.25, -0.2) is 24.4 Å². The van der Waals surface area contributed by atoms with Crippen LogP contribution in [0.1, 0.15) is 11.7 Å². The Labute approximate surface area is 168 Å². The molecule has 29 heavy (non-hydrogen) atoms. The highest BCUT2D eigenvalue weighted by atomic mass is 35.5. The van der Waals surface area contributed by atoms with E-state index in [-0.39, 0.29) is 17.9 Å². The molecule has 4 heterocycles. The Bertz CT molecular complexity index is 1270. The molecule has 0 radical (unpaired) electrons. The Hall–Kier alpha value is -3.72. The van der Waals surface area contributed by atoms with Gasteiger partial charge in [-0.15, -0.1) is 0 Å². The Morgan fingerprint density at radius 2 is 1.90 bits per heavy atom. The number of hydrazine groups is 1. The second-order valence-electron chi connectivity index (χ2n) is 6.51. The van der Waals surface area contributed by atoms with Crippen molar-refractivity contribution in [1.82, 2.24) is 19.7 Å². The summed E-state index contributed by atoms with van der Waals surface area (Å²) in [5.41, 5.74) is 2.51. The van der Waals surface area contributed by atoms with E-state index < -0.39 is 0 Å². The van der Waals surface area contributed by atoms with Gasteiger partial charge in [0.1, 0.15) is 12.2 Å². The summed E-state index contributed by atoms with van der Waals surface area (Å²) >= 11 is 6.35. The molecular weight excluding hydrogens is 397 g/mol. The number of hydrogen-bond donors (Lipinski definition) is 0. The molecule has 1 atom stereocenters. The summed E-state index contributed by atoms with van der Waals surface area (Å²) in [6, 6.07) is 13.7. The summed E-state index contributed by atoms with van der Waals surface area (Å²) in [5, 5.41) is 7.99. The smallest absolute Gasteiger partial charge is 0.291 e. The summed E-state index contributed by atoms with van der Waals surface area (Å²) in [6.45, 7) is 0. The number of anilines is 2. The fourth-order valence-corrected chi connectivity index (χ4v) is 3.82. The van der Waals surface area contributed by atoms with Crippen LogP contribution in [0, 0.1) is 5.82 Å². The van der Waals surface area contributed by atoms with Crippen molar-refractivity contribution < 1.29 is 8.91 Å². The molecule has 0 bridgehead atoms. The minimum Gasteiger partial charge on any atom is -0.332 e. The first-order chi connectivity index (χ1) is 14.2. The Kier molecular flexibility index (Phi) is 3.30. The Morgan fingerprint density at radius 1 is 1.07 bits per heavy atom. The highest BCUT2D eigenvalue weighted by Gasteiger charge is 2.40. The maximum atomic E-state index is 13.2. The first kappa shape index (κ1) is 16.3. The monoisotopic (exact) mass is 407 g/mol. The molecule has 6 rings (SSSR count). The van der Waals surface area contributed by atoms with Gasteiger partial charge in [-0.05, 0) is 47.1 Å². The summed E-state index contributed by atoms with van der Waals surface area (Å²) < 4.78 is 20.4. The molecule has 2 aromatic carbocycles. The molecule has 0 N–H and O–H groups in total. The van der Waals surface area contributed by atoms with Crippen molar-refractivity contribution in [2.24, 2.45) is 4.99 Å². The van der Waals surface area contributed by atoms with Crippen LogP contribution < -0.4 is 10.0 Å². The average Bonchev–Trinajstić information content (AvgIpc) is 3.46. The normalized spacial score (nSPS) is 16.7. The van der Waals surface area contributed by atoms with Crippen LogP contribution in [0.3, 0.4) is 0 Å². The minimum atomic E-state index is -0.333. The summed E-state index contributed by atoms with van der Waals surface area (Å²) in [6.07, 6.45) is 3.00. The largest absolute Gasteiger partial charge is 0.332 e. The highest BCUT2D eigenvalue weighted by Crippen LogP contribution is 2.44. The lowest BCUT2D eigenvalue weighted by molar-refractivity contribution is 0.430. The number of nitrogens with zero attached hydrogens (tertiary/aromatic N) is 7. The number of rotatable bonds is 2. The third-order valence-electron chi connectivity index (χ3n) is 4.88. The van der Waals surface area contributed by atoms with Gasteiger partial charge in [0.15, 0.2) is 12.0 Å². The van der Waals surface area contributed by atoms with E-state index in [0.717, 1.165) is 17.1 Å². The van der Waals surface area contributed by atoms with E-state index in [1.54, 1.807) is 29.7 Å². The lowest BCUT2D eigenvalue weighted by Gasteiger charge is -2.36. The predicted octanol–water partition coefficient (Wildman–Crippen LogP) is 4.00. The average molecular weight is 408 g/mol. The van der Waals surface area contributed by atoms with Gasteiger partial charge in [0, 0.05) is 11.1 Å². The summed E-state index contributed by atoms with van der Waals surface area (Å²) in [5.74, 6) is 0.962. The van der Waals surface area contributed by atoms with E-state index in [2.05, 4.69) is 20.1 Å². The van der Waals surface area contributed by atoms with E-state index in [1.807, 2.05) is 33.8 Å². The quantitative estimate of drug-likeness (QED) is 0.500. The number of halogens is 2. The van der Waals surface area contributed by atoms with Gasteiger partial charge in [-0.1, -0.05) is 18.2 Å². The molecule has 2 aliphatic rings. The van der Waals surface area contributed by atoms with Gasteiger partial charge >= 0.3 is 0 Å². The zero-order chi connectivity index (χ0) is 19.5.